The lowest BCUT2D eigenvalue weighted by molar-refractivity contribution is 0.101. The van der Waals surface area contributed by atoms with Gasteiger partial charge in [-0.3, -0.25) is 9.59 Å². The lowest BCUT2D eigenvalue weighted by Crippen LogP contribution is -2.33. The number of pyridine rings is 1. The molecule has 1 saturated carbocycles. The van der Waals surface area contributed by atoms with Crippen molar-refractivity contribution in [3.8, 4) is 11.5 Å². The molecule has 3 heterocycles. The van der Waals surface area contributed by atoms with Gasteiger partial charge >= 0.3 is 0 Å². The molecule has 0 spiro atoms. The van der Waals surface area contributed by atoms with Crippen molar-refractivity contribution in [2.24, 2.45) is 5.73 Å². The number of nitrogens with zero attached hydrogens (tertiary/aromatic N) is 2. The summed E-state index contributed by atoms with van der Waals surface area (Å²) >= 11 is 1.06. The van der Waals surface area contributed by atoms with Gasteiger partial charge in [0.05, 0.1) is 18.0 Å². The summed E-state index contributed by atoms with van der Waals surface area (Å²) < 4.78 is 37.5. The van der Waals surface area contributed by atoms with Crippen LogP contribution >= 0.6 is 11.3 Å². The van der Waals surface area contributed by atoms with Gasteiger partial charge in [-0.2, -0.15) is 0 Å². The number of carbonyl (C=O) groups is 1. The van der Waals surface area contributed by atoms with E-state index in [9.17, 15) is 19.1 Å². The number of benzene rings is 1. The highest BCUT2D eigenvalue weighted by atomic mass is 32.1. The van der Waals surface area contributed by atoms with Crippen LogP contribution in [0.2, 0.25) is 0 Å². The van der Waals surface area contributed by atoms with Crippen LogP contribution in [0.15, 0.2) is 22.3 Å². The van der Waals surface area contributed by atoms with E-state index < -0.39 is 17.1 Å². The maximum absolute atomic E-state index is 15.6. The fourth-order valence-electron chi connectivity index (χ4n) is 4.88. The Kier molecular flexibility index (Phi) is 5.60. The first kappa shape index (κ1) is 22.8. The third kappa shape index (κ3) is 3.39. The number of hydrogen-bond donors (Lipinski definition) is 2. The molecule has 180 valence electrons. The van der Waals surface area contributed by atoms with Crippen LogP contribution in [0.1, 0.15) is 48.3 Å². The molecule has 2 fully saturated rings. The Labute approximate surface area is 198 Å². The number of ketones is 1. The molecule has 1 aliphatic heterocycles. The molecule has 0 radical (unpaired) electrons. The number of rotatable bonds is 5. The van der Waals surface area contributed by atoms with Crippen molar-refractivity contribution in [3.05, 3.63) is 38.4 Å². The second kappa shape index (κ2) is 8.35. The fourth-order valence-corrected chi connectivity index (χ4v) is 6.04. The number of aromatic nitrogens is 1. The zero-order valence-corrected chi connectivity index (χ0v) is 19.7. The van der Waals surface area contributed by atoms with Crippen LogP contribution in [0, 0.1) is 5.82 Å². The standard InChI is InChI=1S/C24H25F2N3O4S/c1-11(30)23-21(32)17-20(31)14-8-15(25)19(28-7-3-4-12(10-28)16(26)9-27)22(33-2)18(14)29(13-5-6-13)24(17)34-23/h8,13,32H,3-7,9-10,27H2,1-2H3/b16-12+. The van der Waals surface area contributed by atoms with E-state index in [-0.39, 0.29) is 57.8 Å². The van der Waals surface area contributed by atoms with Crippen molar-refractivity contribution in [1.82, 2.24) is 4.57 Å². The fraction of sp³-hybridized carbons (Fsp3) is 0.417. The quantitative estimate of drug-likeness (QED) is 0.516. The maximum Gasteiger partial charge on any atom is 0.202 e. The number of thiophene rings is 1. The SMILES string of the molecule is COc1c(N2CCC/C(=C(\F)CN)C2)c(F)cc2c(=O)c3c(O)c(C(C)=O)sc3n(C3CC3)c12. The van der Waals surface area contributed by atoms with Gasteiger partial charge in [0.2, 0.25) is 5.43 Å². The lowest BCUT2D eigenvalue weighted by Gasteiger charge is -2.33. The highest BCUT2D eigenvalue weighted by Gasteiger charge is 2.34. The summed E-state index contributed by atoms with van der Waals surface area (Å²) in [5.41, 5.74) is 6.04. The summed E-state index contributed by atoms with van der Waals surface area (Å²) in [6.07, 6.45) is 2.86. The second-order valence-electron chi connectivity index (χ2n) is 8.82. The normalized spacial score (nSPS) is 18.1. The van der Waals surface area contributed by atoms with Gasteiger partial charge in [0, 0.05) is 32.6 Å². The molecule has 0 unspecified atom stereocenters. The van der Waals surface area contributed by atoms with Gasteiger partial charge in [0.15, 0.2) is 23.1 Å². The molecule has 1 aromatic carbocycles. The van der Waals surface area contributed by atoms with Crippen molar-refractivity contribution >= 4 is 43.9 Å². The summed E-state index contributed by atoms with van der Waals surface area (Å²) in [5.74, 6) is -1.59. The first-order chi connectivity index (χ1) is 16.3. The lowest BCUT2D eigenvalue weighted by atomic mass is 10.0. The molecule has 2 aliphatic rings. The molecule has 0 amide bonds. The number of aromatic hydroxyl groups is 1. The minimum absolute atomic E-state index is 0.0250. The molecule has 0 atom stereocenters. The van der Waals surface area contributed by atoms with E-state index in [1.54, 1.807) is 4.90 Å². The van der Waals surface area contributed by atoms with Crippen LogP contribution in [-0.4, -0.2) is 42.2 Å². The summed E-state index contributed by atoms with van der Waals surface area (Å²) in [4.78, 5) is 27.8. The Morgan fingerprint density at radius 3 is 2.74 bits per heavy atom. The van der Waals surface area contributed by atoms with E-state index in [0.29, 0.717) is 35.3 Å². The van der Waals surface area contributed by atoms with Crippen molar-refractivity contribution in [2.75, 3.05) is 31.6 Å². The average molecular weight is 490 g/mol. The summed E-state index contributed by atoms with van der Waals surface area (Å²) in [7, 11) is 1.41. The summed E-state index contributed by atoms with van der Waals surface area (Å²) in [6.45, 7) is 1.78. The number of nitrogens with two attached hydrogens (primary N) is 1. The third-order valence-electron chi connectivity index (χ3n) is 6.58. The molecule has 10 heteroatoms. The van der Waals surface area contributed by atoms with Crippen molar-refractivity contribution in [2.45, 2.75) is 38.6 Å². The van der Waals surface area contributed by atoms with Crippen LogP contribution in [0.25, 0.3) is 21.1 Å². The minimum Gasteiger partial charge on any atom is -0.505 e. The van der Waals surface area contributed by atoms with Gasteiger partial charge < -0.3 is 25.0 Å². The Balaban J connectivity index is 1.85. The first-order valence-electron chi connectivity index (χ1n) is 11.2. The monoisotopic (exact) mass is 489 g/mol. The first-order valence-corrected chi connectivity index (χ1v) is 12.0. The molecule has 3 aromatic rings. The number of piperidine rings is 1. The van der Waals surface area contributed by atoms with Crippen molar-refractivity contribution < 1.29 is 23.4 Å². The number of hydrogen-bond acceptors (Lipinski definition) is 7. The minimum atomic E-state index is -0.668. The van der Waals surface area contributed by atoms with Gasteiger partial charge in [0.25, 0.3) is 0 Å². The highest BCUT2D eigenvalue weighted by Crippen LogP contribution is 2.48. The maximum atomic E-state index is 15.6. The van der Waals surface area contributed by atoms with E-state index >= 15 is 4.39 Å². The Morgan fingerprint density at radius 1 is 1.38 bits per heavy atom. The van der Waals surface area contributed by atoms with E-state index in [1.165, 1.54) is 14.0 Å². The average Bonchev–Trinajstić information content (AvgIpc) is 3.60. The molecule has 3 N–H and O–H groups in total. The highest BCUT2D eigenvalue weighted by molar-refractivity contribution is 7.21. The number of carbonyl (C=O) groups excluding carboxylic acids is 1. The molecule has 5 rings (SSSR count). The second-order valence-corrected chi connectivity index (χ2v) is 9.82. The van der Waals surface area contributed by atoms with Crippen molar-refractivity contribution in [1.29, 1.82) is 0 Å². The molecular weight excluding hydrogens is 464 g/mol. The summed E-state index contributed by atoms with van der Waals surface area (Å²) in [5, 5.41) is 10.8. The Bertz CT molecular complexity index is 1440. The van der Waals surface area contributed by atoms with E-state index in [2.05, 4.69) is 0 Å². The van der Waals surface area contributed by atoms with Crippen LogP contribution in [0.5, 0.6) is 11.5 Å². The van der Waals surface area contributed by atoms with Gasteiger partial charge in [-0.05, 0) is 37.3 Å². The molecule has 0 bridgehead atoms. The van der Waals surface area contributed by atoms with E-state index in [0.717, 1.165) is 30.2 Å². The van der Waals surface area contributed by atoms with Gasteiger partial charge in [0.1, 0.15) is 26.6 Å². The number of ether oxygens (including phenoxy) is 1. The molecular formula is C24H25F2N3O4S. The largest absolute Gasteiger partial charge is 0.505 e. The summed E-state index contributed by atoms with van der Waals surface area (Å²) in [6, 6.07) is 1.19. The van der Waals surface area contributed by atoms with Crippen LogP contribution < -0.4 is 20.8 Å². The Hall–Kier alpha value is -2.98. The zero-order valence-electron chi connectivity index (χ0n) is 18.9. The smallest absolute Gasteiger partial charge is 0.202 e. The third-order valence-corrected chi connectivity index (χ3v) is 7.86. The number of Topliss-reactive ketones (excluding diaryl/α,β-unsaturated/α-hetero) is 1. The topological polar surface area (TPSA) is 97.8 Å². The van der Waals surface area contributed by atoms with Crippen LogP contribution in [-0.2, 0) is 0 Å². The van der Waals surface area contributed by atoms with Crippen LogP contribution in [0.3, 0.4) is 0 Å². The van der Waals surface area contributed by atoms with Gasteiger partial charge in [-0.25, -0.2) is 8.78 Å². The number of halogens is 2. The molecule has 34 heavy (non-hydrogen) atoms. The number of anilines is 1. The molecule has 7 nitrogen and oxygen atoms in total. The van der Waals surface area contributed by atoms with Gasteiger partial charge in [-0.1, -0.05) is 0 Å². The number of methoxy groups -OCH3 is 1. The van der Waals surface area contributed by atoms with E-state index in [1.807, 2.05) is 4.57 Å². The Morgan fingerprint density at radius 2 is 2.12 bits per heavy atom. The zero-order chi connectivity index (χ0) is 24.3. The predicted octanol–water partition coefficient (Wildman–Crippen LogP) is 4.39. The molecule has 1 aliphatic carbocycles. The van der Waals surface area contributed by atoms with Crippen molar-refractivity contribution in [3.63, 3.8) is 0 Å². The van der Waals surface area contributed by atoms with Gasteiger partial charge in [-0.15, -0.1) is 11.3 Å². The molecule has 1 saturated heterocycles. The van der Waals surface area contributed by atoms with E-state index in [4.69, 9.17) is 10.5 Å². The van der Waals surface area contributed by atoms with Crippen LogP contribution in [0.4, 0.5) is 14.5 Å². The molecule has 2 aromatic heterocycles. The predicted molar refractivity (Wildman–Crippen MR) is 129 cm³/mol. The number of fused-ring (bicyclic) bond motifs is 2.